The third-order valence-corrected chi connectivity index (χ3v) is 4.83. The number of nitrogens with two attached hydrogens (primary N) is 1. The number of primary amides is 1. The summed E-state index contributed by atoms with van der Waals surface area (Å²) < 4.78 is 39.5. The summed E-state index contributed by atoms with van der Waals surface area (Å²) >= 11 is 0.945. The molecule has 0 aliphatic rings. The molecule has 13 heteroatoms. The van der Waals surface area contributed by atoms with Crippen molar-refractivity contribution in [3.8, 4) is 0 Å². The highest BCUT2D eigenvalue weighted by Crippen LogP contribution is 2.27. The van der Waals surface area contributed by atoms with Crippen LogP contribution in [0.25, 0.3) is 5.78 Å². The molecule has 3 aromatic rings. The summed E-state index contributed by atoms with van der Waals surface area (Å²) in [6.45, 7) is 3.21. The van der Waals surface area contributed by atoms with Gasteiger partial charge in [0.25, 0.3) is 17.5 Å². The first-order chi connectivity index (χ1) is 13.1. The van der Waals surface area contributed by atoms with E-state index in [1.807, 2.05) is 0 Å². The van der Waals surface area contributed by atoms with Crippen molar-refractivity contribution in [2.75, 3.05) is 5.32 Å². The van der Waals surface area contributed by atoms with Crippen LogP contribution in [0, 0.1) is 13.8 Å². The van der Waals surface area contributed by atoms with Gasteiger partial charge in [-0.25, -0.2) is 14.5 Å². The van der Waals surface area contributed by atoms with Crippen molar-refractivity contribution in [2.24, 2.45) is 5.73 Å². The maximum atomic E-state index is 12.8. The second kappa shape index (κ2) is 7.14. The van der Waals surface area contributed by atoms with Gasteiger partial charge in [0, 0.05) is 17.8 Å². The van der Waals surface area contributed by atoms with Gasteiger partial charge in [-0.1, -0.05) is 11.3 Å². The first kappa shape index (κ1) is 19.7. The van der Waals surface area contributed by atoms with Gasteiger partial charge in [0.2, 0.25) is 5.91 Å². The van der Waals surface area contributed by atoms with Gasteiger partial charge in [-0.2, -0.15) is 18.2 Å². The second-order valence-electron chi connectivity index (χ2n) is 5.85. The Balaban J connectivity index is 1.76. The van der Waals surface area contributed by atoms with Gasteiger partial charge < -0.3 is 11.1 Å². The van der Waals surface area contributed by atoms with Crippen molar-refractivity contribution in [3.05, 3.63) is 33.8 Å². The van der Waals surface area contributed by atoms with Gasteiger partial charge in [-0.15, -0.1) is 5.10 Å². The smallest absolute Gasteiger partial charge is 0.365 e. The SMILES string of the molecule is Cc1nc2nc(C(F)(F)F)nn2c(C)c1CCC(=O)Nc1ncc(C(N)=O)s1. The molecule has 0 radical (unpaired) electrons. The molecule has 0 aromatic carbocycles. The second-order valence-corrected chi connectivity index (χ2v) is 6.88. The first-order valence-electron chi connectivity index (χ1n) is 7.91. The fraction of sp³-hybridized carbons (Fsp3) is 0.333. The molecule has 0 spiro atoms. The molecule has 3 aromatic heterocycles. The number of hydrogen-bond donors (Lipinski definition) is 2. The first-order valence-corrected chi connectivity index (χ1v) is 8.73. The molecular formula is C15H14F3N7O2S. The van der Waals surface area contributed by atoms with Crippen LogP contribution in [-0.2, 0) is 17.4 Å². The minimum Gasteiger partial charge on any atom is -0.365 e. The molecule has 0 saturated heterocycles. The number of aryl methyl sites for hydroxylation is 2. The predicted molar refractivity (Wildman–Crippen MR) is 92.8 cm³/mol. The Morgan fingerprint density at radius 3 is 2.61 bits per heavy atom. The average Bonchev–Trinajstić information content (AvgIpc) is 3.21. The summed E-state index contributed by atoms with van der Waals surface area (Å²) in [6, 6.07) is 0. The van der Waals surface area contributed by atoms with Crippen molar-refractivity contribution < 1.29 is 22.8 Å². The maximum absolute atomic E-state index is 12.8. The number of carbonyl (C=O) groups is 2. The number of alkyl halides is 3. The summed E-state index contributed by atoms with van der Waals surface area (Å²) in [5, 5.41) is 6.24. The number of hydrogen-bond acceptors (Lipinski definition) is 7. The normalized spacial score (nSPS) is 11.8. The topological polar surface area (TPSA) is 128 Å². The molecule has 0 fully saturated rings. The van der Waals surface area contributed by atoms with Gasteiger partial charge in [0.15, 0.2) is 5.13 Å². The molecule has 3 N–H and O–H groups in total. The van der Waals surface area contributed by atoms with Crippen molar-refractivity contribution in [1.29, 1.82) is 0 Å². The third kappa shape index (κ3) is 3.93. The molecule has 148 valence electrons. The zero-order chi connectivity index (χ0) is 20.6. The lowest BCUT2D eigenvalue weighted by molar-refractivity contribution is -0.144. The Labute approximate surface area is 159 Å². The van der Waals surface area contributed by atoms with Crippen LogP contribution in [-0.4, -0.2) is 36.4 Å². The Hall–Kier alpha value is -3.09. The minimum atomic E-state index is -4.68. The number of halogens is 3. The van der Waals surface area contributed by atoms with E-state index in [0.29, 0.717) is 17.0 Å². The summed E-state index contributed by atoms with van der Waals surface area (Å²) in [5.74, 6) is -2.45. The van der Waals surface area contributed by atoms with Crippen LogP contribution in [0.2, 0.25) is 0 Å². The number of amides is 2. The van der Waals surface area contributed by atoms with Crippen molar-refractivity contribution in [1.82, 2.24) is 24.6 Å². The van der Waals surface area contributed by atoms with Crippen LogP contribution < -0.4 is 11.1 Å². The summed E-state index contributed by atoms with van der Waals surface area (Å²) in [6.07, 6.45) is -3.16. The van der Waals surface area contributed by atoms with E-state index >= 15 is 0 Å². The van der Waals surface area contributed by atoms with Crippen LogP contribution in [0.4, 0.5) is 18.3 Å². The molecule has 0 aliphatic carbocycles. The Kier molecular flexibility index (Phi) is 5.02. The number of thiazole rings is 1. The highest BCUT2D eigenvalue weighted by Gasteiger charge is 2.36. The Bertz CT molecular complexity index is 1070. The molecule has 0 aliphatic heterocycles. The largest absolute Gasteiger partial charge is 0.453 e. The van der Waals surface area contributed by atoms with Crippen molar-refractivity contribution in [3.63, 3.8) is 0 Å². The van der Waals surface area contributed by atoms with Crippen molar-refractivity contribution in [2.45, 2.75) is 32.9 Å². The zero-order valence-electron chi connectivity index (χ0n) is 14.7. The molecule has 0 bridgehead atoms. The van der Waals surface area contributed by atoms with E-state index in [2.05, 4.69) is 25.4 Å². The summed E-state index contributed by atoms with van der Waals surface area (Å²) in [7, 11) is 0. The van der Waals surface area contributed by atoms with E-state index < -0.39 is 17.9 Å². The van der Waals surface area contributed by atoms with Gasteiger partial charge in [0.05, 0.1) is 6.20 Å². The van der Waals surface area contributed by atoms with E-state index in [-0.39, 0.29) is 34.5 Å². The fourth-order valence-electron chi connectivity index (χ4n) is 2.56. The lowest BCUT2D eigenvalue weighted by atomic mass is 10.1. The number of anilines is 1. The number of fused-ring (bicyclic) bond motifs is 1. The monoisotopic (exact) mass is 413 g/mol. The van der Waals surface area contributed by atoms with Gasteiger partial charge in [-0.05, 0) is 25.8 Å². The van der Waals surface area contributed by atoms with Gasteiger partial charge in [-0.3, -0.25) is 9.59 Å². The Morgan fingerprint density at radius 2 is 2.00 bits per heavy atom. The van der Waals surface area contributed by atoms with Crippen LogP contribution in [0.15, 0.2) is 6.20 Å². The third-order valence-electron chi connectivity index (χ3n) is 3.90. The summed E-state index contributed by atoms with van der Waals surface area (Å²) in [5.41, 5.74) is 6.61. The van der Waals surface area contributed by atoms with E-state index in [1.54, 1.807) is 13.8 Å². The Morgan fingerprint density at radius 1 is 1.29 bits per heavy atom. The average molecular weight is 413 g/mol. The van der Waals surface area contributed by atoms with Crippen molar-refractivity contribution >= 4 is 34.1 Å². The van der Waals surface area contributed by atoms with Crippen LogP contribution in [0.3, 0.4) is 0 Å². The number of rotatable bonds is 5. The molecule has 2 amide bonds. The molecule has 3 rings (SSSR count). The predicted octanol–water partition coefficient (Wildman–Crippen LogP) is 1.89. The van der Waals surface area contributed by atoms with Crippen LogP contribution in [0.1, 0.15) is 38.9 Å². The summed E-state index contributed by atoms with van der Waals surface area (Å²) in [4.78, 5) is 34.7. The van der Waals surface area contributed by atoms with E-state index in [9.17, 15) is 22.8 Å². The highest BCUT2D eigenvalue weighted by atomic mass is 32.1. The van der Waals surface area contributed by atoms with Gasteiger partial charge >= 0.3 is 6.18 Å². The number of aromatic nitrogens is 5. The molecule has 28 heavy (non-hydrogen) atoms. The van der Waals surface area contributed by atoms with Crippen LogP contribution in [0.5, 0.6) is 0 Å². The zero-order valence-corrected chi connectivity index (χ0v) is 15.5. The maximum Gasteiger partial charge on any atom is 0.453 e. The standard InChI is InChI=1S/C15H14F3N7O2S/c1-6-8(3-4-10(26)22-14-20-5-9(28-14)11(19)27)7(2)25-13(21-6)23-12(24-25)15(16,17)18/h5H,3-4H2,1-2H3,(H2,19,27)(H,20,22,26). The quantitative estimate of drug-likeness (QED) is 0.657. The van der Waals surface area contributed by atoms with Crippen LogP contribution >= 0.6 is 11.3 Å². The number of nitrogens with zero attached hydrogens (tertiary/aromatic N) is 5. The lowest BCUT2D eigenvalue weighted by Crippen LogP contribution is -2.14. The number of nitrogens with one attached hydrogen (secondary N) is 1. The minimum absolute atomic E-state index is 0.0289. The van der Waals surface area contributed by atoms with Gasteiger partial charge in [0.1, 0.15) is 4.88 Å². The highest BCUT2D eigenvalue weighted by molar-refractivity contribution is 7.17. The van der Waals surface area contributed by atoms with E-state index in [1.165, 1.54) is 6.20 Å². The molecule has 0 unspecified atom stereocenters. The molecule has 0 atom stereocenters. The molecule has 3 heterocycles. The number of carbonyl (C=O) groups excluding carboxylic acids is 2. The molecule has 9 nitrogen and oxygen atoms in total. The van der Waals surface area contributed by atoms with E-state index in [4.69, 9.17) is 5.73 Å². The van der Waals surface area contributed by atoms with E-state index in [0.717, 1.165) is 15.9 Å². The molecule has 0 saturated carbocycles. The fourth-order valence-corrected chi connectivity index (χ4v) is 3.24. The lowest BCUT2D eigenvalue weighted by Gasteiger charge is -2.10. The molecular weight excluding hydrogens is 399 g/mol.